The minimum Gasteiger partial charge on any atom is -0.497 e. The van der Waals surface area contributed by atoms with Crippen molar-refractivity contribution < 1.29 is 14.1 Å². The molecule has 0 saturated carbocycles. The van der Waals surface area contributed by atoms with Crippen LogP contribution in [-0.2, 0) is 6.42 Å². The average molecular weight is 409 g/mol. The summed E-state index contributed by atoms with van der Waals surface area (Å²) in [7, 11) is 3.48. The van der Waals surface area contributed by atoms with Crippen LogP contribution in [0.2, 0.25) is 0 Å². The van der Waals surface area contributed by atoms with Crippen LogP contribution in [0.1, 0.15) is 23.1 Å². The van der Waals surface area contributed by atoms with Gasteiger partial charge in [0, 0.05) is 18.0 Å². The smallest absolute Gasteiger partial charge is 0.268 e. The molecule has 0 aliphatic carbocycles. The van der Waals surface area contributed by atoms with E-state index in [0.717, 1.165) is 4.88 Å². The zero-order valence-electron chi connectivity index (χ0n) is 15.2. The van der Waals surface area contributed by atoms with Gasteiger partial charge in [0.05, 0.1) is 17.0 Å². The normalized spacial score (nSPS) is 11.5. The number of likely N-dealkylation sites (N-methyl/N-ethyl adjacent to an activating group) is 1. The highest BCUT2D eigenvalue weighted by atomic mass is 35.5. The van der Waals surface area contributed by atoms with Gasteiger partial charge in [-0.1, -0.05) is 5.16 Å². The van der Waals surface area contributed by atoms with Crippen molar-refractivity contribution in [3.63, 3.8) is 0 Å². The lowest BCUT2D eigenvalue weighted by molar-refractivity contribution is 0.102. The standard InChI is InChI=1S/C18H20N4O3S.ClH/c1-11(19-2)10-15-20-18(25-22-15)14-8-9-16(26-14)21-17(23)12-4-6-13(24-3)7-5-12;/h4-9,11,19H,10H2,1-3H3,(H,21,23);1H. The first-order chi connectivity index (χ1) is 12.6. The van der Waals surface area contributed by atoms with E-state index in [2.05, 4.69) is 20.8 Å². The van der Waals surface area contributed by atoms with E-state index in [-0.39, 0.29) is 24.4 Å². The van der Waals surface area contributed by atoms with Gasteiger partial charge >= 0.3 is 0 Å². The van der Waals surface area contributed by atoms with Crippen molar-refractivity contribution in [1.82, 2.24) is 15.5 Å². The quantitative estimate of drug-likeness (QED) is 0.620. The van der Waals surface area contributed by atoms with Gasteiger partial charge in [-0.2, -0.15) is 4.98 Å². The number of amides is 1. The van der Waals surface area contributed by atoms with Gasteiger partial charge in [0.15, 0.2) is 5.82 Å². The first-order valence-electron chi connectivity index (χ1n) is 8.14. The minimum atomic E-state index is -0.185. The third kappa shape index (κ3) is 5.29. The monoisotopic (exact) mass is 408 g/mol. The fraction of sp³-hybridized carbons (Fsp3) is 0.278. The maximum Gasteiger partial charge on any atom is 0.268 e. The van der Waals surface area contributed by atoms with Crippen LogP contribution in [0, 0.1) is 0 Å². The Hall–Kier alpha value is -2.42. The second-order valence-electron chi connectivity index (χ2n) is 5.76. The number of hydrogen-bond donors (Lipinski definition) is 2. The Morgan fingerprint density at radius 1 is 1.26 bits per heavy atom. The molecule has 0 saturated heterocycles. The second kappa shape index (κ2) is 9.50. The predicted molar refractivity (Wildman–Crippen MR) is 108 cm³/mol. The molecule has 0 fully saturated rings. The molecule has 0 radical (unpaired) electrons. The number of rotatable bonds is 7. The van der Waals surface area contributed by atoms with Crippen molar-refractivity contribution in [2.24, 2.45) is 0 Å². The van der Waals surface area contributed by atoms with E-state index < -0.39 is 0 Å². The van der Waals surface area contributed by atoms with Crippen LogP contribution in [0.4, 0.5) is 5.00 Å². The number of anilines is 1. The summed E-state index contributed by atoms with van der Waals surface area (Å²) in [5.41, 5.74) is 0.557. The number of nitrogens with zero attached hydrogens (tertiary/aromatic N) is 2. The number of benzene rings is 1. The lowest BCUT2D eigenvalue weighted by atomic mass is 10.2. The first kappa shape index (κ1) is 20.9. The molecular weight excluding hydrogens is 388 g/mol. The molecule has 1 aromatic carbocycles. The molecule has 144 valence electrons. The Labute approximate surface area is 167 Å². The van der Waals surface area contributed by atoms with Gasteiger partial charge in [0.2, 0.25) is 0 Å². The molecule has 0 bridgehead atoms. The Morgan fingerprint density at radius 3 is 2.67 bits per heavy atom. The predicted octanol–water partition coefficient (Wildman–Crippen LogP) is 3.63. The van der Waals surface area contributed by atoms with Gasteiger partial charge in [-0.05, 0) is 50.4 Å². The summed E-state index contributed by atoms with van der Waals surface area (Å²) in [6.07, 6.45) is 0.687. The van der Waals surface area contributed by atoms with E-state index in [1.165, 1.54) is 11.3 Å². The summed E-state index contributed by atoms with van der Waals surface area (Å²) in [5, 5.41) is 10.7. The highest BCUT2D eigenvalue weighted by Gasteiger charge is 2.14. The number of carbonyl (C=O) groups is 1. The highest BCUT2D eigenvalue weighted by molar-refractivity contribution is 7.19. The number of ether oxygens (including phenoxy) is 1. The molecule has 0 spiro atoms. The van der Waals surface area contributed by atoms with E-state index in [9.17, 15) is 4.79 Å². The average Bonchev–Trinajstić information content (AvgIpc) is 3.31. The van der Waals surface area contributed by atoms with Crippen molar-refractivity contribution >= 4 is 34.7 Å². The molecule has 2 N–H and O–H groups in total. The fourth-order valence-electron chi connectivity index (χ4n) is 2.26. The number of hydrogen-bond acceptors (Lipinski definition) is 7. The molecule has 2 aromatic heterocycles. The van der Waals surface area contributed by atoms with Gasteiger partial charge in [-0.25, -0.2) is 0 Å². The second-order valence-corrected chi connectivity index (χ2v) is 6.84. The van der Waals surface area contributed by atoms with Gasteiger partial charge in [0.25, 0.3) is 11.8 Å². The highest BCUT2D eigenvalue weighted by Crippen LogP contribution is 2.30. The maximum absolute atomic E-state index is 12.3. The molecule has 0 aliphatic heterocycles. The van der Waals surface area contributed by atoms with Crippen LogP contribution < -0.4 is 15.4 Å². The Bertz CT molecular complexity index is 879. The molecule has 0 aliphatic rings. The molecule has 2 heterocycles. The molecular formula is C18H21ClN4O3S. The lowest BCUT2D eigenvalue weighted by Crippen LogP contribution is -2.24. The Kier molecular flexibility index (Phi) is 7.35. The number of aromatic nitrogens is 2. The number of methoxy groups -OCH3 is 1. The van der Waals surface area contributed by atoms with E-state index in [4.69, 9.17) is 9.26 Å². The summed E-state index contributed by atoms with van der Waals surface area (Å²) in [5.74, 6) is 1.63. The SMILES string of the molecule is CNC(C)Cc1noc(-c2ccc(NC(=O)c3ccc(OC)cc3)s2)n1.Cl. The molecule has 1 amide bonds. The fourth-order valence-corrected chi connectivity index (χ4v) is 3.08. The van der Waals surface area contributed by atoms with Crippen molar-refractivity contribution in [3.05, 3.63) is 47.8 Å². The van der Waals surface area contributed by atoms with E-state index in [0.29, 0.717) is 34.4 Å². The van der Waals surface area contributed by atoms with Crippen molar-refractivity contribution in [3.8, 4) is 16.5 Å². The number of nitrogens with one attached hydrogen (secondary N) is 2. The van der Waals surface area contributed by atoms with Crippen LogP contribution in [0.5, 0.6) is 5.75 Å². The molecule has 1 unspecified atom stereocenters. The maximum atomic E-state index is 12.3. The largest absolute Gasteiger partial charge is 0.497 e. The molecule has 3 aromatic rings. The topological polar surface area (TPSA) is 89.3 Å². The van der Waals surface area contributed by atoms with Crippen LogP contribution in [0.15, 0.2) is 40.9 Å². The van der Waals surface area contributed by atoms with Crippen LogP contribution in [-0.4, -0.2) is 36.2 Å². The van der Waals surface area contributed by atoms with Crippen molar-refractivity contribution in [2.45, 2.75) is 19.4 Å². The third-order valence-electron chi connectivity index (χ3n) is 3.86. The van der Waals surface area contributed by atoms with E-state index >= 15 is 0 Å². The minimum absolute atomic E-state index is 0. The number of thiophene rings is 1. The van der Waals surface area contributed by atoms with E-state index in [1.807, 2.05) is 26.1 Å². The van der Waals surface area contributed by atoms with E-state index in [1.54, 1.807) is 31.4 Å². The van der Waals surface area contributed by atoms with Gasteiger partial charge in [-0.15, -0.1) is 23.7 Å². The molecule has 1 atom stereocenters. The summed E-state index contributed by atoms with van der Waals surface area (Å²) in [6, 6.07) is 10.9. The van der Waals surface area contributed by atoms with Crippen LogP contribution in [0.25, 0.3) is 10.8 Å². The third-order valence-corrected chi connectivity index (χ3v) is 4.84. The summed E-state index contributed by atoms with van der Waals surface area (Å²) in [4.78, 5) is 17.5. The zero-order chi connectivity index (χ0) is 18.5. The Morgan fingerprint density at radius 2 is 2.00 bits per heavy atom. The summed E-state index contributed by atoms with van der Waals surface area (Å²) in [6.45, 7) is 2.05. The molecule has 7 nitrogen and oxygen atoms in total. The van der Waals surface area contributed by atoms with Crippen molar-refractivity contribution in [2.75, 3.05) is 19.5 Å². The van der Waals surface area contributed by atoms with Gasteiger partial charge in [0.1, 0.15) is 5.75 Å². The molecule has 9 heteroatoms. The lowest BCUT2D eigenvalue weighted by Gasteiger charge is -2.04. The molecule has 27 heavy (non-hydrogen) atoms. The summed E-state index contributed by atoms with van der Waals surface area (Å²) >= 11 is 1.39. The van der Waals surface area contributed by atoms with Crippen LogP contribution >= 0.6 is 23.7 Å². The van der Waals surface area contributed by atoms with Gasteiger partial charge < -0.3 is 19.9 Å². The number of halogens is 1. The number of carbonyl (C=O) groups excluding carboxylic acids is 1. The van der Waals surface area contributed by atoms with Crippen molar-refractivity contribution in [1.29, 1.82) is 0 Å². The summed E-state index contributed by atoms with van der Waals surface area (Å²) < 4.78 is 10.4. The van der Waals surface area contributed by atoms with Gasteiger partial charge in [-0.3, -0.25) is 4.79 Å². The van der Waals surface area contributed by atoms with Crippen LogP contribution in [0.3, 0.4) is 0 Å². The first-order valence-corrected chi connectivity index (χ1v) is 8.96. The zero-order valence-corrected chi connectivity index (χ0v) is 16.8. The Balaban J connectivity index is 0.00000261. The molecule has 3 rings (SSSR count).